The number of carbonyl (C=O) groups excluding carboxylic acids is 2. The lowest BCUT2D eigenvalue weighted by molar-refractivity contribution is -0.119. The standard InChI is InChI=1S/C11H21N3O2/c1-3-4-5-12(2)11(16)14-8-6-13(10-15)7-9-14/h10H,3-9H2,1-2H3. The second-order valence-electron chi connectivity index (χ2n) is 4.19. The first-order chi connectivity index (χ1) is 7.69. The summed E-state index contributed by atoms with van der Waals surface area (Å²) in [4.78, 5) is 27.8. The number of carbonyl (C=O) groups is 2. The number of piperazine rings is 1. The molecule has 0 unspecified atom stereocenters. The third-order valence-corrected chi connectivity index (χ3v) is 2.91. The van der Waals surface area contributed by atoms with Crippen molar-refractivity contribution >= 4 is 12.4 Å². The lowest BCUT2D eigenvalue weighted by Gasteiger charge is -2.35. The zero-order valence-electron chi connectivity index (χ0n) is 10.2. The fraction of sp³-hybridized carbons (Fsp3) is 0.818. The first-order valence-electron chi connectivity index (χ1n) is 5.88. The summed E-state index contributed by atoms with van der Waals surface area (Å²) in [6.07, 6.45) is 2.98. The zero-order valence-corrected chi connectivity index (χ0v) is 10.2. The van der Waals surface area contributed by atoms with Crippen molar-refractivity contribution in [3.8, 4) is 0 Å². The van der Waals surface area contributed by atoms with Crippen LogP contribution in [-0.4, -0.2) is 66.9 Å². The van der Waals surface area contributed by atoms with Gasteiger partial charge in [-0.2, -0.15) is 0 Å². The number of hydrogen-bond donors (Lipinski definition) is 0. The number of urea groups is 1. The van der Waals surface area contributed by atoms with Crippen LogP contribution in [0.4, 0.5) is 4.79 Å². The summed E-state index contributed by atoms with van der Waals surface area (Å²) in [5.41, 5.74) is 0. The van der Waals surface area contributed by atoms with Gasteiger partial charge in [-0.05, 0) is 6.42 Å². The molecule has 92 valence electrons. The van der Waals surface area contributed by atoms with Crippen molar-refractivity contribution in [1.82, 2.24) is 14.7 Å². The Morgan fingerprint density at radius 3 is 2.44 bits per heavy atom. The van der Waals surface area contributed by atoms with Gasteiger partial charge in [-0.1, -0.05) is 13.3 Å². The molecule has 5 heteroatoms. The highest BCUT2D eigenvalue weighted by Gasteiger charge is 2.22. The molecule has 1 rings (SSSR count). The zero-order chi connectivity index (χ0) is 12.0. The molecule has 0 aromatic carbocycles. The molecule has 0 radical (unpaired) electrons. The largest absolute Gasteiger partial charge is 0.342 e. The third kappa shape index (κ3) is 3.40. The number of rotatable bonds is 4. The molecule has 0 saturated carbocycles. The van der Waals surface area contributed by atoms with Gasteiger partial charge in [0.05, 0.1) is 0 Å². The van der Waals surface area contributed by atoms with Gasteiger partial charge in [0.2, 0.25) is 6.41 Å². The molecular formula is C11H21N3O2. The van der Waals surface area contributed by atoms with E-state index in [2.05, 4.69) is 6.92 Å². The lowest BCUT2D eigenvalue weighted by Crippen LogP contribution is -2.51. The van der Waals surface area contributed by atoms with Crippen molar-refractivity contribution in [2.24, 2.45) is 0 Å². The maximum atomic E-state index is 11.9. The van der Waals surface area contributed by atoms with Crippen LogP contribution in [0.1, 0.15) is 19.8 Å². The third-order valence-electron chi connectivity index (χ3n) is 2.91. The van der Waals surface area contributed by atoms with E-state index in [1.54, 1.807) is 9.80 Å². The molecule has 0 aliphatic carbocycles. The van der Waals surface area contributed by atoms with Crippen LogP contribution in [0.25, 0.3) is 0 Å². The van der Waals surface area contributed by atoms with Gasteiger partial charge in [-0.15, -0.1) is 0 Å². The summed E-state index contributed by atoms with van der Waals surface area (Å²) < 4.78 is 0. The molecule has 0 atom stereocenters. The number of amides is 3. The SMILES string of the molecule is CCCCN(C)C(=O)N1CCN(C=O)CC1. The van der Waals surface area contributed by atoms with Gasteiger partial charge in [-0.25, -0.2) is 4.79 Å². The Bertz CT molecular complexity index is 237. The number of unbranched alkanes of at least 4 members (excludes halogenated alkanes) is 1. The molecule has 3 amide bonds. The summed E-state index contributed by atoms with van der Waals surface area (Å²) in [7, 11) is 1.84. The van der Waals surface area contributed by atoms with E-state index in [0.717, 1.165) is 25.8 Å². The first-order valence-corrected chi connectivity index (χ1v) is 5.88. The van der Waals surface area contributed by atoms with Crippen molar-refractivity contribution in [1.29, 1.82) is 0 Å². The number of hydrogen-bond acceptors (Lipinski definition) is 2. The molecule has 0 bridgehead atoms. The Balaban J connectivity index is 2.34. The van der Waals surface area contributed by atoms with Gasteiger partial charge in [-0.3, -0.25) is 4.79 Å². The number of nitrogens with zero attached hydrogens (tertiary/aromatic N) is 3. The topological polar surface area (TPSA) is 43.9 Å². The summed E-state index contributed by atoms with van der Waals surface area (Å²) in [5.74, 6) is 0. The van der Waals surface area contributed by atoms with Crippen molar-refractivity contribution in [2.45, 2.75) is 19.8 Å². The van der Waals surface area contributed by atoms with Crippen LogP contribution >= 0.6 is 0 Å². The molecule has 16 heavy (non-hydrogen) atoms. The van der Waals surface area contributed by atoms with E-state index >= 15 is 0 Å². The Morgan fingerprint density at radius 1 is 1.31 bits per heavy atom. The van der Waals surface area contributed by atoms with Crippen molar-refractivity contribution in [3.63, 3.8) is 0 Å². The second-order valence-corrected chi connectivity index (χ2v) is 4.19. The van der Waals surface area contributed by atoms with Crippen LogP contribution in [0.15, 0.2) is 0 Å². The molecule has 1 aliphatic heterocycles. The van der Waals surface area contributed by atoms with Crippen LogP contribution in [0.2, 0.25) is 0 Å². The summed E-state index contributed by atoms with van der Waals surface area (Å²) >= 11 is 0. The van der Waals surface area contributed by atoms with Crippen molar-refractivity contribution < 1.29 is 9.59 Å². The molecule has 1 fully saturated rings. The smallest absolute Gasteiger partial charge is 0.319 e. The van der Waals surface area contributed by atoms with E-state index in [4.69, 9.17) is 0 Å². The minimum Gasteiger partial charge on any atom is -0.342 e. The molecule has 0 aromatic heterocycles. The molecular weight excluding hydrogens is 206 g/mol. The molecule has 5 nitrogen and oxygen atoms in total. The van der Waals surface area contributed by atoms with Gasteiger partial charge in [0.15, 0.2) is 0 Å². The predicted octanol–water partition coefficient (Wildman–Crippen LogP) is 0.612. The van der Waals surface area contributed by atoms with Gasteiger partial charge in [0, 0.05) is 39.8 Å². The Hall–Kier alpha value is -1.26. The van der Waals surface area contributed by atoms with Crippen LogP contribution < -0.4 is 0 Å². The molecule has 1 heterocycles. The monoisotopic (exact) mass is 227 g/mol. The highest BCUT2D eigenvalue weighted by Crippen LogP contribution is 2.04. The highest BCUT2D eigenvalue weighted by molar-refractivity contribution is 5.74. The van der Waals surface area contributed by atoms with E-state index in [9.17, 15) is 9.59 Å². The summed E-state index contributed by atoms with van der Waals surface area (Å²) in [6, 6.07) is 0.0824. The van der Waals surface area contributed by atoms with Gasteiger partial charge in [0.25, 0.3) is 0 Å². The van der Waals surface area contributed by atoms with Gasteiger partial charge in [0.1, 0.15) is 0 Å². The Kier molecular flexibility index (Phi) is 5.08. The Morgan fingerprint density at radius 2 is 1.94 bits per heavy atom. The van der Waals surface area contributed by atoms with E-state index in [1.807, 2.05) is 11.9 Å². The summed E-state index contributed by atoms with van der Waals surface area (Å²) in [5, 5.41) is 0. The Labute approximate surface area is 97.0 Å². The van der Waals surface area contributed by atoms with Crippen LogP contribution in [0.5, 0.6) is 0 Å². The minimum absolute atomic E-state index is 0.0824. The van der Waals surface area contributed by atoms with E-state index in [0.29, 0.717) is 26.2 Å². The molecule has 0 N–H and O–H groups in total. The minimum atomic E-state index is 0.0824. The fourth-order valence-electron chi connectivity index (χ4n) is 1.75. The second kappa shape index (κ2) is 6.35. The van der Waals surface area contributed by atoms with Crippen LogP contribution in [0.3, 0.4) is 0 Å². The van der Waals surface area contributed by atoms with Crippen LogP contribution in [-0.2, 0) is 4.79 Å². The maximum Gasteiger partial charge on any atom is 0.319 e. The van der Waals surface area contributed by atoms with Gasteiger partial charge < -0.3 is 14.7 Å². The fourth-order valence-corrected chi connectivity index (χ4v) is 1.75. The van der Waals surface area contributed by atoms with E-state index < -0.39 is 0 Å². The molecule has 0 aromatic rings. The molecule has 1 aliphatic rings. The average Bonchev–Trinajstić information content (AvgIpc) is 2.35. The first kappa shape index (κ1) is 12.8. The average molecular weight is 227 g/mol. The van der Waals surface area contributed by atoms with Crippen molar-refractivity contribution in [3.05, 3.63) is 0 Å². The lowest BCUT2D eigenvalue weighted by atomic mass is 10.3. The van der Waals surface area contributed by atoms with Crippen LogP contribution in [0, 0.1) is 0 Å². The van der Waals surface area contributed by atoms with Crippen molar-refractivity contribution in [2.75, 3.05) is 39.8 Å². The van der Waals surface area contributed by atoms with Gasteiger partial charge >= 0.3 is 6.03 Å². The molecule has 0 spiro atoms. The highest BCUT2D eigenvalue weighted by atomic mass is 16.2. The molecule has 1 saturated heterocycles. The normalized spacial score (nSPS) is 16.1. The van der Waals surface area contributed by atoms with E-state index in [-0.39, 0.29) is 6.03 Å². The predicted molar refractivity (Wildman–Crippen MR) is 62.1 cm³/mol. The quantitative estimate of drug-likeness (QED) is 0.661. The van der Waals surface area contributed by atoms with E-state index in [1.165, 1.54) is 0 Å². The summed E-state index contributed by atoms with van der Waals surface area (Å²) in [6.45, 7) is 5.51. The maximum absolute atomic E-state index is 11.9.